The van der Waals surface area contributed by atoms with Gasteiger partial charge in [0, 0.05) is 5.56 Å². The zero-order valence-electron chi connectivity index (χ0n) is 9.67. The van der Waals surface area contributed by atoms with E-state index in [0.717, 1.165) is 11.1 Å². The van der Waals surface area contributed by atoms with Gasteiger partial charge in [-0.1, -0.05) is 43.9 Å². The first kappa shape index (κ1) is 11.8. The molecule has 0 radical (unpaired) electrons. The molecule has 1 aromatic rings. The minimum Gasteiger partial charge on any atom is -0.378 e. The first-order chi connectivity index (χ1) is 7.11. The number of aliphatic hydroxyl groups is 1. The van der Waals surface area contributed by atoms with Gasteiger partial charge in [0.1, 0.15) is 5.60 Å². The fraction of sp³-hybridized carbons (Fsp3) is 0.429. The van der Waals surface area contributed by atoms with Crippen LogP contribution in [-0.4, -0.2) is 10.7 Å². The maximum Gasteiger partial charge on any atom is 0.125 e. The highest BCUT2D eigenvalue weighted by Crippen LogP contribution is 2.13. The van der Waals surface area contributed by atoms with Crippen LogP contribution in [-0.2, 0) is 0 Å². The van der Waals surface area contributed by atoms with Crippen molar-refractivity contribution >= 4 is 0 Å². The standard InChI is InChI=1S/C14H18O/c1-4-14(15,5-2)11-10-13-9-7-6-8-12(13)3/h6-9,15H,4-5H2,1-3H3. The number of rotatable bonds is 2. The largest absolute Gasteiger partial charge is 0.378 e. The molecular formula is C14H18O. The molecule has 80 valence electrons. The second-order valence-electron chi connectivity index (χ2n) is 3.80. The fourth-order valence-electron chi connectivity index (χ4n) is 1.32. The summed E-state index contributed by atoms with van der Waals surface area (Å²) in [6.07, 6.45) is 1.34. The Balaban J connectivity index is 2.95. The lowest BCUT2D eigenvalue weighted by Crippen LogP contribution is -2.23. The van der Waals surface area contributed by atoms with Gasteiger partial charge in [0.05, 0.1) is 0 Å². The predicted molar refractivity (Wildman–Crippen MR) is 63.6 cm³/mol. The van der Waals surface area contributed by atoms with E-state index >= 15 is 0 Å². The molecule has 0 saturated heterocycles. The van der Waals surface area contributed by atoms with E-state index in [1.807, 2.05) is 45.0 Å². The Hall–Kier alpha value is -1.26. The molecule has 0 fully saturated rings. The van der Waals surface area contributed by atoms with Gasteiger partial charge in [-0.2, -0.15) is 0 Å². The average molecular weight is 202 g/mol. The van der Waals surface area contributed by atoms with Gasteiger partial charge in [-0.3, -0.25) is 0 Å². The minimum absolute atomic E-state index is 0.669. The lowest BCUT2D eigenvalue weighted by molar-refractivity contribution is 0.0931. The van der Waals surface area contributed by atoms with Crippen molar-refractivity contribution in [3.8, 4) is 11.8 Å². The Morgan fingerprint density at radius 2 is 1.80 bits per heavy atom. The van der Waals surface area contributed by atoms with Crippen LogP contribution in [0.4, 0.5) is 0 Å². The zero-order valence-corrected chi connectivity index (χ0v) is 9.67. The molecule has 0 aliphatic rings. The molecule has 1 heteroatoms. The summed E-state index contributed by atoms with van der Waals surface area (Å²) in [5.74, 6) is 6.01. The quantitative estimate of drug-likeness (QED) is 0.731. The molecule has 1 nitrogen and oxygen atoms in total. The molecule has 0 saturated carbocycles. The van der Waals surface area contributed by atoms with Crippen molar-refractivity contribution < 1.29 is 5.11 Å². The molecule has 0 aromatic heterocycles. The molecule has 0 bridgehead atoms. The maximum atomic E-state index is 10.0. The smallest absolute Gasteiger partial charge is 0.125 e. The van der Waals surface area contributed by atoms with Gasteiger partial charge in [0.25, 0.3) is 0 Å². The third-order valence-corrected chi connectivity index (χ3v) is 2.74. The molecule has 0 aliphatic carbocycles. The first-order valence-corrected chi connectivity index (χ1v) is 5.42. The second-order valence-corrected chi connectivity index (χ2v) is 3.80. The molecule has 0 spiro atoms. The Bertz CT molecular complexity index is 378. The lowest BCUT2D eigenvalue weighted by Gasteiger charge is -2.17. The van der Waals surface area contributed by atoms with Crippen LogP contribution in [0.25, 0.3) is 0 Å². The van der Waals surface area contributed by atoms with E-state index in [1.165, 1.54) is 0 Å². The van der Waals surface area contributed by atoms with E-state index in [9.17, 15) is 5.11 Å². The summed E-state index contributed by atoms with van der Waals surface area (Å²) >= 11 is 0. The lowest BCUT2D eigenvalue weighted by atomic mass is 9.97. The van der Waals surface area contributed by atoms with Crippen LogP contribution in [0.15, 0.2) is 24.3 Å². The van der Waals surface area contributed by atoms with Crippen LogP contribution in [0.2, 0.25) is 0 Å². The van der Waals surface area contributed by atoms with Gasteiger partial charge in [-0.05, 0) is 31.4 Å². The van der Waals surface area contributed by atoms with E-state index < -0.39 is 5.60 Å². The molecule has 0 amide bonds. The third kappa shape index (κ3) is 3.11. The Labute approximate surface area is 92.1 Å². The topological polar surface area (TPSA) is 20.2 Å². The first-order valence-electron chi connectivity index (χ1n) is 5.42. The SMILES string of the molecule is CCC(O)(C#Cc1ccccc1C)CC. The minimum atomic E-state index is -0.831. The number of hydrogen-bond donors (Lipinski definition) is 1. The van der Waals surface area contributed by atoms with Gasteiger partial charge >= 0.3 is 0 Å². The van der Waals surface area contributed by atoms with Gasteiger partial charge < -0.3 is 5.11 Å². The third-order valence-electron chi connectivity index (χ3n) is 2.74. The van der Waals surface area contributed by atoms with E-state index in [4.69, 9.17) is 0 Å². The van der Waals surface area contributed by atoms with Crippen molar-refractivity contribution in [2.75, 3.05) is 0 Å². The molecule has 0 heterocycles. The monoisotopic (exact) mass is 202 g/mol. The summed E-state index contributed by atoms with van der Waals surface area (Å²) in [4.78, 5) is 0. The van der Waals surface area contributed by atoms with Crippen LogP contribution < -0.4 is 0 Å². The zero-order chi connectivity index (χ0) is 11.3. The van der Waals surface area contributed by atoms with Crippen LogP contribution in [0, 0.1) is 18.8 Å². The van der Waals surface area contributed by atoms with Crippen molar-refractivity contribution in [3.05, 3.63) is 35.4 Å². The number of aryl methyl sites for hydroxylation is 1. The summed E-state index contributed by atoms with van der Waals surface area (Å²) in [5.41, 5.74) is 1.32. The van der Waals surface area contributed by atoms with E-state index in [1.54, 1.807) is 0 Å². The second kappa shape index (κ2) is 5.00. The average Bonchev–Trinajstić information content (AvgIpc) is 2.28. The summed E-state index contributed by atoms with van der Waals surface area (Å²) in [6.45, 7) is 5.94. The Kier molecular flexibility index (Phi) is 3.94. The van der Waals surface area contributed by atoms with Crippen molar-refractivity contribution in [2.45, 2.75) is 39.2 Å². The van der Waals surface area contributed by atoms with E-state index in [2.05, 4.69) is 11.8 Å². The molecule has 1 aromatic carbocycles. The van der Waals surface area contributed by atoms with Gasteiger partial charge in [-0.15, -0.1) is 0 Å². The van der Waals surface area contributed by atoms with Crippen LogP contribution in [0.1, 0.15) is 37.8 Å². The number of hydrogen-bond acceptors (Lipinski definition) is 1. The predicted octanol–water partition coefficient (Wildman–Crippen LogP) is 2.90. The fourth-order valence-corrected chi connectivity index (χ4v) is 1.32. The van der Waals surface area contributed by atoms with Gasteiger partial charge in [0.2, 0.25) is 0 Å². The highest BCUT2D eigenvalue weighted by Gasteiger charge is 2.17. The normalized spacial score (nSPS) is 10.7. The Morgan fingerprint density at radius 1 is 1.20 bits per heavy atom. The van der Waals surface area contributed by atoms with Crippen LogP contribution >= 0.6 is 0 Å². The van der Waals surface area contributed by atoms with Gasteiger partial charge in [0.15, 0.2) is 0 Å². The van der Waals surface area contributed by atoms with Crippen molar-refractivity contribution in [3.63, 3.8) is 0 Å². The summed E-state index contributed by atoms with van der Waals surface area (Å²) in [7, 11) is 0. The summed E-state index contributed by atoms with van der Waals surface area (Å²) < 4.78 is 0. The highest BCUT2D eigenvalue weighted by atomic mass is 16.3. The highest BCUT2D eigenvalue weighted by molar-refractivity contribution is 5.41. The van der Waals surface area contributed by atoms with Crippen molar-refractivity contribution in [1.82, 2.24) is 0 Å². The van der Waals surface area contributed by atoms with Crippen LogP contribution in [0.5, 0.6) is 0 Å². The van der Waals surface area contributed by atoms with E-state index in [-0.39, 0.29) is 0 Å². The summed E-state index contributed by atoms with van der Waals surface area (Å²) in [6, 6.07) is 7.97. The molecule has 1 N–H and O–H groups in total. The van der Waals surface area contributed by atoms with Gasteiger partial charge in [-0.25, -0.2) is 0 Å². The van der Waals surface area contributed by atoms with Crippen LogP contribution in [0.3, 0.4) is 0 Å². The molecule has 1 rings (SSSR count). The van der Waals surface area contributed by atoms with Crippen molar-refractivity contribution in [1.29, 1.82) is 0 Å². The molecule has 15 heavy (non-hydrogen) atoms. The number of benzene rings is 1. The van der Waals surface area contributed by atoms with Crippen molar-refractivity contribution in [2.24, 2.45) is 0 Å². The maximum absolute atomic E-state index is 10.0. The Morgan fingerprint density at radius 3 is 2.33 bits per heavy atom. The molecule has 0 atom stereocenters. The molecule has 0 aliphatic heterocycles. The summed E-state index contributed by atoms with van der Waals surface area (Å²) in [5, 5.41) is 10.0. The molecule has 0 unspecified atom stereocenters. The van der Waals surface area contributed by atoms with E-state index in [0.29, 0.717) is 12.8 Å². The molecular weight excluding hydrogens is 184 g/mol.